The zero-order valence-corrected chi connectivity index (χ0v) is 11.6. The van der Waals surface area contributed by atoms with E-state index in [4.69, 9.17) is 0 Å². The highest BCUT2D eigenvalue weighted by atomic mass is 16.2. The summed E-state index contributed by atoms with van der Waals surface area (Å²) < 4.78 is 0. The van der Waals surface area contributed by atoms with Gasteiger partial charge >= 0.3 is 0 Å². The van der Waals surface area contributed by atoms with Gasteiger partial charge in [0.05, 0.1) is 6.42 Å². The second kappa shape index (κ2) is 5.65. The Morgan fingerprint density at radius 3 is 2.65 bits per heavy atom. The number of nitrogens with one attached hydrogen (secondary N) is 2. The van der Waals surface area contributed by atoms with Crippen LogP contribution in [0, 0.1) is 0 Å². The first kappa shape index (κ1) is 13.2. The molecular weight excluding hydrogens is 252 g/mol. The van der Waals surface area contributed by atoms with Gasteiger partial charge in [0.25, 0.3) is 5.91 Å². The van der Waals surface area contributed by atoms with Gasteiger partial charge in [-0.15, -0.1) is 0 Å². The SMILES string of the molecule is O=C1Cc2cc(C(=O)NC3CCCCCC3)ccc2N1. The molecule has 0 unspecified atom stereocenters. The molecule has 0 radical (unpaired) electrons. The van der Waals surface area contributed by atoms with Crippen LogP contribution in [0.2, 0.25) is 0 Å². The first-order chi connectivity index (χ1) is 9.72. The number of fused-ring (bicyclic) bond motifs is 1. The van der Waals surface area contributed by atoms with Gasteiger partial charge in [0.15, 0.2) is 0 Å². The average molecular weight is 272 g/mol. The lowest BCUT2D eigenvalue weighted by atomic mass is 10.1. The summed E-state index contributed by atoms with van der Waals surface area (Å²) in [6.07, 6.45) is 7.49. The van der Waals surface area contributed by atoms with E-state index in [-0.39, 0.29) is 11.8 Å². The molecule has 2 amide bonds. The number of amides is 2. The molecule has 1 heterocycles. The third-order valence-corrected chi connectivity index (χ3v) is 4.18. The van der Waals surface area contributed by atoms with E-state index in [9.17, 15) is 9.59 Å². The Hall–Kier alpha value is -1.84. The van der Waals surface area contributed by atoms with Gasteiger partial charge in [0, 0.05) is 17.3 Å². The van der Waals surface area contributed by atoms with E-state index in [2.05, 4.69) is 10.6 Å². The molecule has 2 aliphatic rings. The molecule has 106 valence electrons. The minimum absolute atomic E-state index is 0.00123. The van der Waals surface area contributed by atoms with Gasteiger partial charge in [-0.1, -0.05) is 25.7 Å². The average Bonchev–Trinajstić information content (AvgIpc) is 2.62. The zero-order chi connectivity index (χ0) is 13.9. The van der Waals surface area contributed by atoms with Gasteiger partial charge in [0.1, 0.15) is 0 Å². The molecular formula is C16H20N2O2. The van der Waals surface area contributed by atoms with Crippen molar-refractivity contribution < 1.29 is 9.59 Å². The summed E-state index contributed by atoms with van der Waals surface area (Å²) in [6.45, 7) is 0. The Balaban J connectivity index is 1.68. The molecule has 4 nitrogen and oxygen atoms in total. The van der Waals surface area contributed by atoms with Crippen molar-refractivity contribution in [3.63, 3.8) is 0 Å². The fourth-order valence-electron chi connectivity index (χ4n) is 3.06. The molecule has 0 saturated heterocycles. The van der Waals surface area contributed by atoms with E-state index in [1.807, 2.05) is 12.1 Å². The molecule has 0 aromatic heterocycles. The van der Waals surface area contributed by atoms with E-state index in [1.54, 1.807) is 6.07 Å². The maximum Gasteiger partial charge on any atom is 0.251 e. The molecule has 1 saturated carbocycles. The maximum atomic E-state index is 12.3. The minimum Gasteiger partial charge on any atom is -0.349 e. The highest BCUT2D eigenvalue weighted by molar-refractivity contribution is 6.01. The van der Waals surface area contributed by atoms with Gasteiger partial charge < -0.3 is 10.6 Å². The lowest BCUT2D eigenvalue weighted by Crippen LogP contribution is -2.34. The molecule has 0 atom stereocenters. The molecule has 1 aromatic rings. The topological polar surface area (TPSA) is 58.2 Å². The summed E-state index contributed by atoms with van der Waals surface area (Å²) in [6, 6.07) is 5.75. The molecule has 2 N–H and O–H groups in total. The predicted molar refractivity (Wildman–Crippen MR) is 77.7 cm³/mol. The van der Waals surface area contributed by atoms with Crippen LogP contribution < -0.4 is 10.6 Å². The van der Waals surface area contributed by atoms with E-state index < -0.39 is 0 Å². The van der Waals surface area contributed by atoms with Crippen molar-refractivity contribution in [2.24, 2.45) is 0 Å². The number of benzene rings is 1. The number of anilines is 1. The van der Waals surface area contributed by atoms with Crippen LogP contribution >= 0.6 is 0 Å². The second-order valence-electron chi connectivity index (χ2n) is 5.76. The Labute approximate surface area is 118 Å². The molecule has 3 rings (SSSR count). The quantitative estimate of drug-likeness (QED) is 0.813. The van der Waals surface area contributed by atoms with Crippen LogP contribution in [0.4, 0.5) is 5.69 Å². The number of carbonyl (C=O) groups excluding carboxylic acids is 2. The molecule has 4 heteroatoms. The van der Waals surface area contributed by atoms with Crippen molar-refractivity contribution in [3.05, 3.63) is 29.3 Å². The zero-order valence-electron chi connectivity index (χ0n) is 11.6. The first-order valence-electron chi connectivity index (χ1n) is 7.46. The van der Waals surface area contributed by atoms with Crippen molar-refractivity contribution in [2.75, 3.05) is 5.32 Å². The number of rotatable bonds is 2. The normalized spacial score (nSPS) is 19.1. The van der Waals surface area contributed by atoms with Crippen LogP contribution in [0.3, 0.4) is 0 Å². The Morgan fingerprint density at radius 1 is 1.15 bits per heavy atom. The summed E-state index contributed by atoms with van der Waals surface area (Å²) in [7, 11) is 0. The van der Waals surface area contributed by atoms with E-state index in [0.717, 1.165) is 24.1 Å². The Kier molecular flexibility index (Phi) is 3.72. The van der Waals surface area contributed by atoms with Crippen LogP contribution in [0.15, 0.2) is 18.2 Å². The predicted octanol–water partition coefficient (Wildman–Crippen LogP) is 2.63. The fourth-order valence-corrected chi connectivity index (χ4v) is 3.06. The lowest BCUT2D eigenvalue weighted by molar-refractivity contribution is -0.115. The number of hydrogen-bond donors (Lipinski definition) is 2. The lowest BCUT2D eigenvalue weighted by Gasteiger charge is -2.16. The summed E-state index contributed by atoms with van der Waals surface area (Å²) in [4.78, 5) is 23.6. The summed E-state index contributed by atoms with van der Waals surface area (Å²) in [5, 5.41) is 5.92. The maximum absolute atomic E-state index is 12.3. The Bertz CT molecular complexity index is 531. The highest BCUT2D eigenvalue weighted by Gasteiger charge is 2.20. The third-order valence-electron chi connectivity index (χ3n) is 4.18. The molecule has 0 spiro atoms. The summed E-state index contributed by atoms with van der Waals surface area (Å²) in [5.41, 5.74) is 2.41. The standard InChI is InChI=1S/C16H20N2O2/c19-15-10-12-9-11(7-8-14(12)18-15)16(20)17-13-5-3-1-2-4-6-13/h7-9,13H,1-6,10H2,(H,17,20)(H,18,19). The van der Waals surface area contributed by atoms with Gasteiger partial charge in [0.2, 0.25) is 5.91 Å². The molecule has 1 aliphatic carbocycles. The van der Waals surface area contributed by atoms with Crippen molar-refractivity contribution in [1.82, 2.24) is 5.32 Å². The van der Waals surface area contributed by atoms with Crippen LogP contribution in [0.1, 0.15) is 54.4 Å². The van der Waals surface area contributed by atoms with Crippen molar-refractivity contribution in [3.8, 4) is 0 Å². The second-order valence-corrected chi connectivity index (χ2v) is 5.76. The van der Waals surface area contributed by atoms with Gasteiger partial charge in [-0.05, 0) is 36.6 Å². The van der Waals surface area contributed by atoms with E-state index >= 15 is 0 Å². The summed E-state index contributed by atoms with van der Waals surface area (Å²) >= 11 is 0. The first-order valence-corrected chi connectivity index (χ1v) is 7.46. The van der Waals surface area contributed by atoms with Gasteiger partial charge in [-0.3, -0.25) is 9.59 Å². The number of hydrogen-bond acceptors (Lipinski definition) is 2. The molecule has 1 fully saturated rings. The fraction of sp³-hybridized carbons (Fsp3) is 0.500. The van der Waals surface area contributed by atoms with Crippen molar-refractivity contribution >= 4 is 17.5 Å². The largest absolute Gasteiger partial charge is 0.349 e. The van der Waals surface area contributed by atoms with Crippen molar-refractivity contribution in [2.45, 2.75) is 51.0 Å². The highest BCUT2D eigenvalue weighted by Crippen LogP contribution is 2.24. The Morgan fingerprint density at radius 2 is 1.90 bits per heavy atom. The van der Waals surface area contributed by atoms with E-state index in [1.165, 1.54) is 25.7 Å². The molecule has 1 aliphatic heterocycles. The van der Waals surface area contributed by atoms with E-state index in [0.29, 0.717) is 18.0 Å². The van der Waals surface area contributed by atoms with Gasteiger partial charge in [-0.25, -0.2) is 0 Å². The van der Waals surface area contributed by atoms with Crippen LogP contribution in [0.5, 0.6) is 0 Å². The smallest absolute Gasteiger partial charge is 0.251 e. The monoisotopic (exact) mass is 272 g/mol. The van der Waals surface area contributed by atoms with Crippen molar-refractivity contribution in [1.29, 1.82) is 0 Å². The molecule has 20 heavy (non-hydrogen) atoms. The molecule has 1 aromatic carbocycles. The molecule has 0 bridgehead atoms. The number of carbonyl (C=O) groups is 2. The van der Waals surface area contributed by atoms with Crippen LogP contribution in [-0.4, -0.2) is 17.9 Å². The third kappa shape index (κ3) is 2.84. The van der Waals surface area contributed by atoms with Crippen LogP contribution in [-0.2, 0) is 11.2 Å². The van der Waals surface area contributed by atoms with Crippen LogP contribution in [0.25, 0.3) is 0 Å². The van der Waals surface area contributed by atoms with Gasteiger partial charge in [-0.2, -0.15) is 0 Å². The summed E-state index contributed by atoms with van der Waals surface area (Å²) in [5.74, 6) is -0.0135. The minimum atomic E-state index is -0.0148.